The molecule has 0 aliphatic rings. The zero-order valence-electron chi connectivity index (χ0n) is 15.8. The summed E-state index contributed by atoms with van der Waals surface area (Å²) in [6, 6.07) is 19.9. The van der Waals surface area contributed by atoms with E-state index in [0.717, 1.165) is 41.1 Å². The number of fused-ring (bicyclic) bond motifs is 3. The van der Waals surface area contributed by atoms with Gasteiger partial charge in [-0.2, -0.15) is 5.26 Å². The fourth-order valence-corrected chi connectivity index (χ4v) is 3.46. The Kier molecular flexibility index (Phi) is 4.91. The lowest BCUT2D eigenvalue weighted by Gasteiger charge is -2.16. The Morgan fingerprint density at radius 2 is 1.89 bits per heavy atom. The molecule has 140 valence electrons. The SMILES string of the molecule is CN(C)CCNc1cc(-c2ccc(Cl)cc2)c(C#N)c2nc3ccccc3n12. The van der Waals surface area contributed by atoms with Crippen LogP contribution in [0.5, 0.6) is 0 Å². The highest BCUT2D eigenvalue weighted by Crippen LogP contribution is 2.33. The fourth-order valence-electron chi connectivity index (χ4n) is 3.34. The summed E-state index contributed by atoms with van der Waals surface area (Å²) in [5.74, 6) is 0.912. The van der Waals surface area contributed by atoms with Crippen LogP contribution >= 0.6 is 11.6 Å². The van der Waals surface area contributed by atoms with Crippen molar-refractivity contribution in [2.24, 2.45) is 0 Å². The molecule has 0 unspecified atom stereocenters. The second kappa shape index (κ2) is 7.51. The van der Waals surface area contributed by atoms with Crippen molar-refractivity contribution >= 4 is 34.1 Å². The van der Waals surface area contributed by atoms with E-state index in [1.807, 2.05) is 73.1 Å². The van der Waals surface area contributed by atoms with Crippen molar-refractivity contribution < 1.29 is 0 Å². The minimum atomic E-state index is 0.552. The lowest BCUT2D eigenvalue weighted by molar-refractivity contribution is 0.425. The molecule has 2 aromatic heterocycles. The lowest BCUT2D eigenvalue weighted by Crippen LogP contribution is -2.21. The number of nitrogens with zero attached hydrogens (tertiary/aromatic N) is 4. The average Bonchev–Trinajstić information content (AvgIpc) is 3.07. The van der Waals surface area contributed by atoms with Gasteiger partial charge in [0.2, 0.25) is 0 Å². The van der Waals surface area contributed by atoms with Crippen LogP contribution in [0.1, 0.15) is 5.56 Å². The van der Waals surface area contributed by atoms with Crippen LogP contribution in [0.15, 0.2) is 54.6 Å². The molecule has 0 amide bonds. The van der Waals surface area contributed by atoms with Gasteiger partial charge in [-0.3, -0.25) is 4.40 Å². The molecule has 0 saturated carbocycles. The lowest BCUT2D eigenvalue weighted by atomic mass is 10.0. The molecule has 5 nitrogen and oxygen atoms in total. The smallest absolute Gasteiger partial charge is 0.158 e. The number of nitriles is 1. The highest BCUT2D eigenvalue weighted by molar-refractivity contribution is 6.30. The molecule has 0 radical (unpaired) electrons. The Labute approximate surface area is 168 Å². The molecule has 0 atom stereocenters. The molecule has 4 rings (SSSR count). The minimum absolute atomic E-state index is 0.552. The largest absolute Gasteiger partial charge is 0.370 e. The van der Waals surface area contributed by atoms with Crippen molar-refractivity contribution in [3.8, 4) is 17.2 Å². The van der Waals surface area contributed by atoms with Crippen molar-refractivity contribution in [3.05, 3.63) is 65.2 Å². The maximum atomic E-state index is 9.94. The van der Waals surface area contributed by atoms with Crippen molar-refractivity contribution in [3.63, 3.8) is 0 Å². The first kappa shape index (κ1) is 18.3. The first-order valence-electron chi connectivity index (χ1n) is 9.07. The van der Waals surface area contributed by atoms with Gasteiger partial charge >= 0.3 is 0 Å². The van der Waals surface area contributed by atoms with Gasteiger partial charge in [-0.05, 0) is 50.0 Å². The van der Waals surface area contributed by atoms with Crippen molar-refractivity contribution in [1.29, 1.82) is 5.26 Å². The van der Waals surface area contributed by atoms with E-state index >= 15 is 0 Å². The molecule has 0 aliphatic heterocycles. The summed E-state index contributed by atoms with van der Waals surface area (Å²) in [5.41, 5.74) is 4.83. The van der Waals surface area contributed by atoms with Crippen molar-refractivity contribution in [1.82, 2.24) is 14.3 Å². The van der Waals surface area contributed by atoms with Crippen LogP contribution in [0.2, 0.25) is 5.02 Å². The van der Waals surface area contributed by atoms with E-state index in [1.165, 1.54) is 0 Å². The maximum absolute atomic E-state index is 9.94. The maximum Gasteiger partial charge on any atom is 0.158 e. The van der Waals surface area contributed by atoms with E-state index in [1.54, 1.807) is 0 Å². The minimum Gasteiger partial charge on any atom is -0.370 e. The van der Waals surface area contributed by atoms with Crippen LogP contribution in [0.4, 0.5) is 5.82 Å². The molecule has 0 spiro atoms. The molecule has 0 fully saturated rings. The van der Waals surface area contributed by atoms with Gasteiger partial charge in [0.05, 0.1) is 11.0 Å². The Morgan fingerprint density at radius 3 is 2.61 bits per heavy atom. The number of benzene rings is 2. The summed E-state index contributed by atoms with van der Waals surface area (Å²) in [7, 11) is 4.09. The Hall–Kier alpha value is -3.07. The summed E-state index contributed by atoms with van der Waals surface area (Å²) >= 11 is 6.05. The predicted octanol–water partition coefficient (Wildman–Crippen LogP) is 4.65. The highest BCUT2D eigenvalue weighted by atomic mass is 35.5. The molecular formula is C22H20ClN5. The third kappa shape index (κ3) is 3.29. The highest BCUT2D eigenvalue weighted by Gasteiger charge is 2.18. The van der Waals surface area contributed by atoms with Gasteiger partial charge < -0.3 is 10.2 Å². The van der Waals surface area contributed by atoms with Crippen molar-refractivity contribution in [2.75, 3.05) is 32.5 Å². The molecule has 0 bridgehead atoms. The van der Waals surface area contributed by atoms with E-state index in [0.29, 0.717) is 16.2 Å². The number of imidazole rings is 1. The summed E-state index contributed by atoms with van der Waals surface area (Å²) in [6.45, 7) is 1.67. The number of hydrogen-bond acceptors (Lipinski definition) is 4. The summed E-state index contributed by atoms with van der Waals surface area (Å²) in [5, 5.41) is 14.1. The first-order chi connectivity index (χ1) is 13.6. The zero-order chi connectivity index (χ0) is 19.7. The number of likely N-dealkylation sites (N-methyl/N-ethyl adjacent to an activating group) is 1. The number of hydrogen-bond donors (Lipinski definition) is 1. The molecule has 0 saturated heterocycles. The van der Waals surface area contributed by atoms with Gasteiger partial charge in [-0.25, -0.2) is 4.98 Å². The number of nitrogens with one attached hydrogen (secondary N) is 1. The molecule has 28 heavy (non-hydrogen) atoms. The molecule has 2 aromatic carbocycles. The molecule has 4 aromatic rings. The van der Waals surface area contributed by atoms with E-state index in [4.69, 9.17) is 16.6 Å². The molecular weight excluding hydrogens is 370 g/mol. The van der Waals surface area contributed by atoms with E-state index < -0.39 is 0 Å². The predicted molar refractivity (Wildman–Crippen MR) is 115 cm³/mol. The van der Waals surface area contributed by atoms with Crippen molar-refractivity contribution in [2.45, 2.75) is 0 Å². The zero-order valence-corrected chi connectivity index (χ0v) is 16.5. The monoisotopic (exact) mass is 389 g/mol. The summed E-state index contributed by atoms with van der Waals surface area (Å²) in [6.07, 6.45) is 0. The number of pyridine rings is 1. The van der Waals surface area contributed by atoms with Gasteiger partial charge in [-0.1, -0.05) is 35.9 Å². The topological polar surface area (TPSA) is 56.4 Å². The van der Waals surface area contributed by atoms with Crippen LogP contribution < -0.4 is 5.32 Å². The summed E-state index contributed by atoms with van der Waals surface area (Å²) in [4.78, 5) is 6.88. The van der Waals surface area contributed by atoms with Gasteiger partial charge in [0.15, 0.2) is 5.65 Å². The third-order valence-corrected chi connectivity index (χ3v) is 4.96. The number of para-hydroxylation sites is 2. The fraction of sp³-hybridized carbons (Fsp3) is 0.182. The Balaban J connectivity index is 1.98. The number of anilines is 1. The average molecular weight is 390 g/mol. The molecule has 6 heteroatoms. The van der Waals surface area contributed by atoms with Crippen LogP contribution in [0.3, 0.4) is 0 Å². The normalized spacial score (nSPS) is 11.2. The van der Waals surface area contributed by atoms with Crippen LogP contribution in [-0.2, 0) is 0 Å². The van der Waals surface area contributed by atoms with Crippen LogP contribution in [0, 0.1) is 11.3 Å². The third-order valence-electron chi connectivity index (χ3n) is 4.71. The molecule has 0 aliphatic carbocycles. The second-order valence-corrected chi connectivity index (χ2v) is 7.36. The standard InChI is InChI=1S/C22H20ClN5/c1-27(2)12-11-25-21-13-17(15-7-9-16(23)10-8-15)18(14-24)22-26-19-5-3-4-6-20(19)28(21)22/h3-10,13,25H,11-12H2,1-2H3. The van der Waals surface area contributed by atoms with Gasteiger partial charge in [-0.15, -0.1) is 0 Å². The Morgan fingerprint density at radius 1 is 1.14 bits per heavy atom. The van der Waals surface area contributed by atoms with Gasteiger partial charge in [0.25, 0.3) is 0 Å². The summed E-state index contributed by atoms with van der Waals surface area (Å²) < 4.78 is 2.03. The molecule has 1 N–H and O–H groups in total. The van der Waals surface area contributed by atoms with E-state index in [-0.39, 0.29) is 0 Å². The number of rotatable bonds is 5. The Bertz CT molecular complexity index is 1190. The second-order valence-electron chi connectivity index (χ2n) is 6.93. The molecule has 2 heterocycles. The van der Waals surface area contributed by atoms with Crippen LogP contribution in [0.25, 0.3) is 27.8 Å². The quantitative estimate of drug-likeness (QED) is 0.539. The van der Waals surface area contributed by atoms with E-state index in [2.05, 4.69) is 16.3 Å². The first-order valence-corrected chi connectivity index (χ1v) is 9.45. The van der Waals surface area contributed by atoms with Crippen LogP contribution in [-0.4, -0.2) is 41.5 Å². The number of halogens is 1. The number of aromatic nitrogens is 2. The van der Waals surface area contributed by atoms with Gasteiger partial charge in [0.1, 0.15) is 17.5 Å². The van der Waals surface area contributed by atoms with E-state index in [9.17, 15) is 5.26 Å². The van der Waals surface area contributed by atoms with Gasteiger partial charge in [0, 0.05) is 23.7 Å².